The molecule has 0 atom stereocenters. The van der Waals surface area contributed by atoms with E-state index in [0.29, 0.717) is 11.7 Å². The van der Waals surface area contributed by atoms with Gasteiger partial charge in [-0.05, 0) is 49.9 Å². The van der Waals surface area contributed by atoms with Gasteiger partial charge in [0.2, 0.25) is 0 Å². The Balaban J connectivity index is 2.96. The quantitative estimate of drug-likeness (QED) is 0.872. The lowest BCUT2D eigenvalue weighted by Crippen LogP contribution is -2.43. The van der Waals surface area contributed by atoms with E-state index < -0.39 is 11.5 Å². The van der Waals surface area contributed by atoms with Crippen molar-refractivity contribution in [3.05, 3.63) is 29.3 Å². The molecule has 0 aromatic heterocycles. The zero-order valence-electron chi connectivity index (χ0n) is 11.2. The van der Waals surface area contributed by atoms with E-state index in [0.717, 1.165) is 5.56 Å². The van der Waals surface area contributed by atoms with Gasteiger partial charge in [0.25, 0.3) is 5.91 Å². The predicted octanol–water partition coefficient (Wildman–Crippen LogP) is 2.76. The second kappa shape index (κ2) is 4.78. The number of ether oxygens (including phenoxy) is 1. The highest BCUT2D eigenvalue weighted by molar-refractivity contribution is 5.82. The van der Waals surface area contributed by atoms with Gasteiger partial charge in [-0.1, -0.05) is 19.9 Å². The van der Waals surface area contributed by atoms with E-state index in [2.05, 4.69) is 13.8 Å². The maximum atomic E-state index is 11.2. The van der Waals surface area contributed by atoms with E-state index in [1.165, 1.54) is 5.56 Å². The number of aryl methyl sites for hydroxylation is 1. The van der Waals surface area contributed by atoms with E-state index >= 15 is 0 Å². The summed E-state index contributed by atoms with van der Waals surface area (Å²) in [6, 6.07) is 5.86. The Bertz CT molecular complexity index is 422. The number of nitrogens with two attached hydrogens (primary N) is 1. The number of hydrogen-bond donors (Lipinski definition) is 1. The van der Waals surface area contributed by atoms with Gasteiger partial charge in [0.05, 0.1) is 0 Å². The molecule has 0 bridgehead atoms. The minimum Gasteiger partial charge on any atom is -0.478 e. The average molecular weight is 235 g/mol. The number of carbonyl (C=O) groups excluding carboxylic acids is 1. The van der Waals surface area contributed by atoms with Gasteiger partial charge in [-0.2, -0.15) is 0 Å². The van der Waals surface area contributed by atoms with Crippen molar-refractivity contribution in [2.24, 2.45) is 5.73 Å². The third-order valence-corrected chi connectivity index (χ3v) is 2.83. The molecule has 0 fully saturated rings. The van der Waals surface area contributed by atoms with Crippen LogP contribution in [0.3, 0.4) is 0 Å². The third kappa shape index (κ3) is 3.22. The molecule has 0 radical (unpaired) electrons. The molecule has 0 spiro atoms. The van der Waals surface area contributed by atoms with Crippen molar-refractivity contribution >= 4 is 5.91 Å². The van der Waals surface area contributed by atoms with E-state index in [1.807, 2.05) is 25.1 Å². The van der Waals surface area contributed by atoms with Crippen LogP contribution in [0.25, 0.3) is 0 Å². The van der Waals surface area contributed by atoms with Gasteiger partial charge in [-0.3, -0.25) is 4.79 Å². The highest BCUT2D eigenvalue weighted by Crippen LogP contribution is 2.25. The molecule has 3 nitrogen and oxygen atoms in total. The molecule has 3 heteroatoms. The number of rotatable bonds is 4. The van der Waals surface area contributed by atoms with Crippen LogP contribution in [0.5, 0.6) is 5.75 Å². The first kappa shape index (κ1) is 13.6. The minimum atomic E-state index is -0.980. The molecule has 0 heterocycles. The van der Waals surface area contributed by atoms with Gasteiger partial charge in [-0.15, -0.1) is 0 Å². The summed E-state index contributed by atoms with van der Waals surface area (Å²) in [5, 5.41) is 0. The van der Waals surface area contributed by atoms with Crippen LogP contribution in [-0.2, 0) is 4.79 Å². The van der Waals surface area contributed by atoms with Crippen molar-refractivity contribution < 1.29 is 9.53 Å². The summed E-state index contributed by atoms with van der Waals surface area (Å²) in [6.45, 7) is 9.67. The van der Waals surface area contributed by atoms with Crippen molar-refractivity contribution in [2.75, 3.05) is 0 Å². The van der Waals surface area contributed by atoms with Crippen LogP contribution in [0, 0.1) is 6.92 Å². The van der Waals surface area contributed by atoms with E-state index in [-0.39, 0.29) is 0 Å². The summed E-state index contributed by atoms with van der Waals surface area (Å²) in [7, 11) is 0. The molecule has 0 saturated heterocycles. The smallest absolute Gasteiger partial charge is 0.261 e. The molecule has 0 aliphatic rings. The highest BCUT2D eigenvalue weighted by atomic mass is 16.5. The zero-order valence-corrected chi connectivity index (χ0v) is 11.2. The maximum Gasteiger partial charge on any atom is 0.261 e. The summed E-state index contributed by atoms with van der Waals surface area (Å²) in [6.07, 6.45) is 0. The fourth-order valence-electron chi connectivity index (χ4n) is 1.70. The number of benzene rings is 1. The molecular formula is C14H21NO2. The standard InChI is InChI=1S/C14H21NO2/c1-9(2)12-7-6-11(8-10(12)3)17-14(4,5)13(15)16/h6-9H,1-5H3,(H2,15,16). The van der Waals surface area contributed by atoms with E-state index in [9.17, 15) is 4.79 Å². The summed E-state index contributed by atoms with van der Waals surface area (Å²) >= 11 is 0. The van der Waals surface area contributed by atoms with Gasteiger partial charge >= 0.3 is 0 Å². The van der Waals surface area contributed by atoms with Gasteiger partial charge in [-0.25, -0.2) is 0 Å². The Morgan fingerprint density at radius 1 is 1.35 bits per heavy atom. The Hall–Kier alpha value is -1.51. The molecule has 1 amide bonds. The first-order valence-electron chi connectivity index (χ1n) is 5.83. The van der Waals surface area contributed by atoms with Crippen molar-refractivity contribution in [1.29, 1.82) is 0 Å². The average Bonchev–Trinajstić information content (AvgIpc) is 2.15. The Kier molecular flexibility index (Phi) is 3.81. The van der Waals surface area contributed by atoms with Gasteiger partial charge in [0, 0.05) is 0 Å². The maximum absolute atomic E-state index is 11.2. The summed E-state index contributed by atoms with van der Waals surface area (Å²) < 4.78 is 5.60. The highest BCUT2D eigenvalue weighted by Gasteiger charge is 2.27. The van der Waals surface area contributed by atoms with Gasteiger partial charge in [0.15, 0.2) is 5.60 Å². The van der Waals surface area contributed by atoms with Gasteiger partial charge in [0.1, 0.15) is 5.75 Å². The van der Waals surface area contributed by atoms with Crippen LogP contribution < -0.4 is 10.5 Å². The molecule has 17 heavy (non-hydrogen) atoms. The van der Waals surface area contributed by atoms with Crippen molar-refractivity contribution in [1.82, 2.24) is 0 Å². The molecule has 0 aliphatic heterocycles. The lowest BCUT2D eigenvalue weighted by atomic mass is 9.98. The van der Waals surface area contributed by atoms with Crippen LogP contribution in [0.15, 0.2) is 18.2 Å². The molecule has 1 rings (SSSR count). The number of hydrogen-bond acceptors (Lipinski definition) is 2. The Morgan fingerprint density at radius 2 is 1.94 bits per heavy atom. The molecule has 0 unspecified atom stereocenters. The fourth-order valence-corrected chi connectivity index (χ4v) is 1.70. The molecular weight excluding hydrogens is 214 g/mol. The summed E-state index contributed by atoms with van der Waals surface area (Å²) in [5.41, 5.74) is 6.74. The largest absolute Gasteiger partial charge is 0.478 e. The molecule has 0 aliphatic carbocycles. The fraction of sp³-hybridized carbons (Fsp3) is 0.500. The van der Waals surface area contributed by atoms with Crippen LogP contribution in [0.4, 0.5) is 0 Å². The van der Waals surface area contributed by atoms with Gasteiger partial charge < -0.3 is 10.5 Å². The van der Waals surface area contributed by atoms with Crippen LogP contribution in [0.1, 0.15) is 44.7 Å². The molecule has 0 saturated carbocycles. The minimum absolute atomic E-state index is 0.469. The van der Waals surface area contributed by atoms with Crippen molar-refractivity contribution in [3.63, 3.8) is 0 Å². The normalized spacial score (nSPS) is 11.6. The monoisotopic (exact) mass is 235 g/mol. The summed E-state index contributed by atoms with van der Waals surface area (Å²) in [4.78, 5) is 11.2. The molecule has 1 aromatic carbocycles. The van der Waals surface area contributed by atoms with Crippen LogP contribution in [0.2, 0.25) is 0 Å². The van der Waals surface area contributed by atoms with Crippen molar-refractivity contribution in [3.8, 4) is 5.75 Å². The Morgan fingerprint density at radius 3 is 2.35 bits per heavy atom. The second-order valence-electron chi connectivity index (χ2n) is 5.15. The molecule has 1 aromatic rings. The zero-order chi connectivity index (χ0) is 13.2. The number of carbonyl (C=O) groups is 1. The predicted molar refractivity (Wildman–Crippen MR) is 69.2 cm³/mol. The molecule has 94 valence electrons. The lowest BCUT2D eigenvalue weighted by Gasteiger charge is -2.23. The van der Waals surface area contributed by atoms with E-state index in [1.54, 1.807) is 13.8 Å². The topological polar surface area (TPSA) is 52.3 Å². The first-order valence-corrected chi connectivity index (χ1v) is 5.83. The number of amides is 1. The van der Waals surface area contributed by atoms with E-state index in [4.69, 9.17) is 10.5 Å². The first-order chi connectivity index (χ1) is 7.74. The van der Waals surface area contributed by atoms with Crippen LogP contribution in [-0.4, -0.2) is 11.5 Å². The lowest BCUT2D eigenvalue weighted by molar-refractivity contribution is -0.130. The Labute approximate surface area is 103 Å². The SMILES string of the molecule is Cc1cc(OC(C)(C)C(N)=O)ccc1C(C)C. The summed E-state index contributed by atoms with van der Waals surface area (Å²) in [5.74, 6) is 0.687. The third-order valence-electron chi connectivity index (χ3n) is 2.83. The number of primary amides is 1. The van der Waals surface area contributed by atoms with Crippen molar-refractivity contribution in [2.45, 2.75) is 46.1 Å². The van der Waals surface area contributed by atoms with Crippen LogP contribution >= 0.6 is 0 Å². The molecule has 2 N–H and O–H groups in total. The second-order valence-corrected chi connectivity index (χ2v) is 5.15.